The normalized spacial score (nSPS) is 18.6. The van der Waals surface area contributed by atoms with Crippen molar-refractivity contribution in [2.75, 3.05) is 13.7 Å². The van der Waals surface area contributed by atoms with E-state index >= 15 is 0 Å². The van der Waals surface area contributed by atoms with Crippen LogP contribution < -0.4 is 5.73 Å². The van der Waals surface area contributed by atoms with Crippen molar-refractivity contribution in [3.8, 4) is 0 Å². The number of rotatable bonds is 6. The van der Waals surface area contributed by atoms with Gasteiger partial charge in [0.2, 0.25) is 0 Å². The molecule has 3 nitrogen and oxygen atoms in total. The Labute approximate surface area is 101 Å². The Bertz CT molecular complexity index is 189. The van der Waals surface area contributed by atoms with Crippen molar-refractivity contribution in [3.05, 3.63) is 0 Å². The van der Waals surface area contributed by atoms with Gasteiger partial charge in [-0.25, -0.2) is 0 Å². The monoisotopic (exact) mass is 230 g/mol. The lowest BCUT2D eigenvalue weighted by molar-refractivity contribution is 0.0624. The molecule has 3 N–H and O–H groups in total. The number of hydrogen-bond acceptors (Lipinski definition) is 3. The maximum atomic E-state index is 9.53. The number of nitrogens with two attached hydrogens (primary N) is 1. The van der Waals surface area contributed by atoms with Crippen LogP contribution in [0.4, 0.5) is 0 Å². The molecule has 16 heavy (non-hydrogen) atoms. The van der Waals surface area contributed by atoms with Crippen LogP contribution >= 0.6 is 0 Å². The molecule has 3 atom stereocenters. The quantitative estimate of drug-likeness (QED) is 0.732. The Morgan fingerprint density at radius 3 is 2.12 bits per heavy atom. The molecule has 0 aromatic rings. The first-order valence-corrected chi connectivity index (χ1v) is 6.34. The molecule has 0 radical (unpaired) electrons. The van der Waals surface area contributed by atoms with Crippen LogP contribution in [0.1, 0.15) is 47.5 Å². The van der Waals surface area contributed by atoms with Gasteiger partial charge in [-0.2, -0.15) is 0 Å². The molecular weight excluding hydrogens is 200 g/mol. The van der Waals surface area contributed by atoms with Crippen LogP contribution in [-0.2, 0) is 0 Å². The summed E-state index contributed by atoms with van der Waals surface area (Å²) < 4.78 is 0. The highest BCUT2D eigenvalue weighted by atomic mass is 16.3. The average molecular weight is 230 g/mol. The maximum absolute atomic E-state index is 9.53. The zero-order valence-corrected chi connectivity index (χ0v) is 11.8. The molecule has 0 aliphatic carbocycles. The van der Waals surface area contributed by atoms with Gasteiger partial charge in [0, 0.05) is 18.1 Å². The van der Waals surface area contributed by atoms with Crippen LogP contribution in [0, 0.1) is 5.41 Å². The summed E-state index contributed by atoms with van der Waals surface area (Å²) in [6, 6.07) is 0.499. The molecule has 3 heteroatoms. The predicted molar refractivity (Wildman–Crippen MR) is 70.4 cm³/mol. The van der Waals surface area contributed by atoms with Gasteiger partial charge in [0.05, 0.1) is 6.61 Å². The van der Waals surface area contributed by atoms with Gasteiger partial charge < -0.3 is 10.8 Å². The van der Waals surface area contributed by atoms with Gasteiger partial charge >= 0.3 is 0 Å². The van der Waals surface area contributed by atoms with E-state index in [1.165, 1.54) is 0 Å². The van der Waals surface area contributed by atoms with E-state index in [9.17, 15) is 5.11 Å². The van der Waals surface area contributed by atoms with Gasteiger partial charge in [-0.1, -0.05) is 34.1 Å². The van der Waals surface area contributed by atoms with Crippen LogP contribution in [0.25, 0.3) is 0 Å². The summed E-state index contributed by atoms with van der Waals surface area (Å²) in [7, 11) is 2.06. The molecule has 0 heterocycles. The first-order chi connectivity index (χ1) is 7.25. The van der Waals surface area contributed by atoms with Crippen molar-refractivity contribution in [2.45, 2.75) is 65.6 Å². The molecule has 0 saturated carbocycles. The molecule has 0 aliphatic rings. The predicted octanol–water partition coefficient (Wildman–Crippen LogP) is 1.84. The second-order valence-electron chi connectivity index (χ2n) is 5.94. The van der Waals surface area contributed by atoms with Gasteiger partial charge in [0.1, 0.15) is 0 Å². The lowest BCUT2D eigenvalue weighted by Gasteiger charge is -2.41. The Kier molecular flexibility index (Phi) is 6.53. The molecule has 0 aliphatic heterocycles. The fraction of sp³-hybridized carbons (Fsp3) is 1.00. The molecule has 0 bridgehead atoms. The second kappa shape index (κ2) is 6.58. The Morgan fingerprint density at radius 2 is 1.81 bits per heavy atom. The minimum Gasteiger partial charge on any atom is -0.395 e. The van der Waals surface area contributed by atoms with Gasteiger partial charge in [-0.15, -0.1) is 0 Å². The SMILES string of the molecule is CCCC(C)N(C)C(CO)C(N)C(C)(C)C. The zero-order valence-electron chi connectivity index (χ0n) is 11.8. The molecule has 98 valence electrons. The van der Waals surface area contributed by atoms with E-state index in [1.54, 1.807) is 0 Å². The third kappa shape index (κ3) is 4.40. The lowest BCUT2D eigenvalue weighted by atomic mass is 9.82. The zero-order chi connectivity index (χ0) is 12.9. The van der Waals surface area contributed by atoms with Gasteiger partial charge in [0.25, 0.3) is 0 Å². The van der Waals surface area contributed by atoms with Crippen LogP contribution in [0.2, 0.25) is 0 Å². The molecule has 0 saturated heterocycles. The van der Waals surface area contributed by atoms with E-state index < -0.39 is 0 Å². The van der Waals surface area contributed by atoms with E-state index in [2.05, 4.69) is 46.6 Å². The average Bonchev–Trinajstić information content (AvgIpc) is 2.17. The summed E-state index contributed by atoms with van der Waals surface area (Å²) in [5.74, 6) is 0. The maximum Gasteiger partial charge on any atom is 0.0602 e. The highest BCUT2D eigenvalue weighted by Gasteiger charge is 2.32. The summed E-state index contributed by atoms with van der Waals surface area (Å²) >= 11 is 0. The van der Waals surface area contributed by atoms with Crippen molar-refractivity contribution in [3.63, 3.8) is 0 Å². The standard InChI is InChI=1S/C13H30N2O/c1-7-8-10(2)15(6)11(9-16)12(14)13(3,4)5/h10-12,16H,7-9,14H2,1-6H3. The Balaban J connectivity index is 4.59. The fourth-order valence-corrected chi connectivity index (χ4v) is 2.02. The topological polar surface area (TPSA) is 49.5 Å². The van der Waals surface area contributed by atoms with Crippen molar-refractivity contribution >= 4 is 0 Å². The van der Waals surface area contributed by atoms with Crippen LogP contribution in [0.5, 0.6) is 0 Å². The summed E-state index contributed by atoms with van der Waals surface area (Å²) in [5.41, 5.74) is 6.26. The molecule has 0 fully saturated rings. The molecule has 0 amide bonds. The van der Waals surface area contributed by atoms with Gasteiger partial charge in [-0.05, 0) is 25.8 Å². The van der Waals surface area contributed by atoms with E-state index in [0.29, 0.717) is 6.04 Å². The van der Waals surface area contributed by atoms with Crippen molar-refractivity contribution in [1.82, 2.24) is 4.90 Å². The van der Waals surface area contributed by atoms with Gasteiger partial charge in [-0.3, -0.25) is 4.90 Å². The Morgan fingerprint density at radius 1 is 1.31 bits per heavy atom. The molecule has 0 spiro atoms. The first kappa shape index (κ1) is 15.9. The minimum atomic E-state index is -0.0122. The molecule has 0 rings (SSSR count). The number of likely N-dealkylation sites (N-methyl/N-ethyl adjacent to an activating group) is 1. The highest BCUT2D eigenvalue weighted by molar-refractivity contribution is 4.90. The molecule has 0 aromatic carbocycles. The van der Waals surface area contributed by atoms with Crippen molar-refractivity contribution in [1.29, 1.82) is 0 Å². The Hall–Kier alpha value is -0.120. The van der Waals surface area contributed by atoms with Crippen LogP contribution in [0.3, 0.4) is 0 Å². The summed E-state index contributed by atoms with van der Waals surface area (Å²) in [5, 5.41) is 9.53. The van der Waals surface area contributed by atoms with E-state index in [1.807, 2.05) is 0 Å². The number of aliphatic hydroxyl groups is 1. The van der Waals surface area contributed by atoms with E-state index in [4.69, 9.17) is 5.73 Å². The summed E-state index contributed by atoms with van der Waals surface area (Å²) in [6.45, 7) is 10.9. The number of aliphatic hydroxyl groups excluding tert-OH is 1. The van der Waals surface area contributed by atoms with Crippen LogP contribution in [-0.4, -0.2) is 41.8 Å². The number of nitrogens with zero attached hydrogens (tertiary/aromatic N) is 1. The summed E-state index contributed by atoms with van der Waals surface area (Å²) in [6.07, 6.45) is 2.30. The molecule has 3 unspecified atom stereocenters. The highest BCUT2D eigenvalue weighted by Crippen LogP contribution is 2.23. The van der Waals surface area contributed by atoms with Crippen LogP contribution in [0.15, 0.2) is 0 Å². The molecular formula is C13H30N2O. The first-order valence-electron chi connectivity index (χ1n) is 6.34. The van der Waals surface area contributed by atoms with Crippen molar-refractivity contribution < 1.29 is 5.11 Å². The van der Waals surface area contributed by atoms with Gasteiger partial charge in [0.15, 0.2) is 0 Å². The van der Waals surface area contributed by atoms with Crippen molar-refractivity contribution in [2.24, 2.45) is 11.1 Å². The molecule has 0 aromatic heterocycles. The third-order valence-corrected chi connectivity index (χ3v) is 3.53. The lowest BCUT2D eigenvalue weighted by Crippen LogP contribution is -2.56. The second-order valence-corrected chi connectivity index (χ2v) is 5.94. The number of hydrogen-bond donors (Lipinski definition) is 2. The van der Waals surface area contributed by atoms with E-state index in [-0.39, 0.29) is 24.1 Å². The minimum absolute atomic E-state index is 0.0122. The largest absolute Gasteiger partial charge is 0.395 e. The smallest absolute Gasteiger partial charge is 0.0602 e. The van der Waals surface area contributed by atoms with E-state index in [0.717, 1.165) is 12.8 Å². The fourth-order valence-electron chi connectivity index (χ4n) is 2.02. The summed E-state index contributed by atoms with van der Waals surface area (Å²) in [4.78, 5) is 2.22. The third-order valence-electron chi connectivity index (χ3n) is 3.53.